The zero-order chi connectivity index (χ0) is 25.8. The number of likely N-dealkylation sites (tertiary alicyclic amines) is 1. The van der Waals surface area contributed by atoms with Crippen LogP contribution in [0.5, 0.6) is 0 Å². The Morgan fingerprint density at radius 1 is 1.14 bits per heavy atom. The van der Waals surface area contributed by atoms with Crippen molar-refractivity contribution >= 4 is 68.4 Å². The van der Waals surface area contributed by atoms with E-state index in [4.69, 9.17) is 12.2 Å². The Kier molecular flexibility index (Phi) is 8.27. The molecule has 2 aromatic heterocycles. The number of ketones is 1. The predicted molar refractivity (Wildman–Crippen MR) is 150 cm³/mol. The van der Waals surface area contributed by atoms with Gasteiger partial charge < -0.3 is 15.1 Å². The maximum absolute atomic E-state index is 13.0. The lowest BCUT2D eigenvalue weighted by atomic mass is 9.98. The Balaban J connectivity index is 1.30. The van der Waals surface area contributed by atoms with E-state index in [-0.39, 0.29) is 18.1 Å². The zero-order valence-corrected chi connectivity index (χ0v) is 23.2. The summed E-state index contributed by atoms with van der Waals surface area (Å²) in [7, 11) is 5.69. The van der Waals surface area contributed by atoms with E-state index in [2.05, 4.69) is 41.6 Å². The van der Waals surface area contributed by atoms with Crippen molar-refractivity contribution in [3.8, 4) is 0 Å². The number of carbonyl (C=O) groups is 2. The molecule has 0 aliphatic carbocycles. The number of carbonyl (C=O) groups excluding carboxylic acids is 2. The Morgan fingerprint density at radius 3 is 2.47 bits per heavy atom. The molecule has 0 atom stereocenters. The standard InChI is InChI=1S/C24H29N7O2S3/c1-15(32)13-20-27-24(36-28-20)30(4)22(33)19-14-35-21(26-19)16-9-11-31(12-10-16)23(34)25-17-5-7-18(8-6-17)29(2)3/h5-8,14,16H,9-13H2,1-4H3,(H,25,34). The third kappa shape index (κ3) is 6.23. The fourth-order valence-electron chi connectivity index (χ4n) is 3.88. The summed E-state index contributed by atoms with van der Waals surface area (Å²) in [5.74, 6) is 0.486. The van der Waals surface area contributed by atoms with E-state index in [1.54, 1.807) is 7.05 Å². The number of thiocarbonyl (C=S) groups is 1. The summed E-state index contributed by atoms with van der Waals surface area (Å²) in [6.45, 7) is 3.16. The van der Waals surface area contributed by atoms with Crippen molar-refractivity contribution in [1.82, 2.24) is 19.2 Å². The van der Waals surface area contributed by atoms with Crippen molar-refractivity contribution in [2.45, 2.75) is 32.1 Å². The first-order valence-corrected chi connectivity index (χ1v) is 13.7. The molecule has 1 N–H and O–H groups in total. The number of piperidine rings is 1. The number of thiazole rings is 1. The monoisotopic (exact) mass is 543 g/mol. The van der Waals surface area contributed by atoms with Crippen LogP contribution in [-0.4, -0.2) is 70.3 Å². The van der Waals surface area contributed by atoms with Crippen LogP contribution in [0.1, 0.15) is 47.0 Å². The van der Waals surface area contributed by atoms with Crippen molar-refractivity contribution in [3.05, 3.63) is 46.2 Å². The number of Topliss-reactive ketones (excluding diaryl/α,β-unsaturated/α-hetero) is 1. The first-order chi connectivity index (χ1) is 17.2. The summed E-state index contributed by atoms with van der Waals surface area (Å²) in [4.78, 5) is 38.9. The van der Waals surface area contributed by atoms with Crippen molar-refractivity contribution in [2.75, 3.05) is 49.3 Å². The molecule has 9 nitrogen and oxygen atoms in total. The van der Waals surface area contributed by atoms with Gasteiger partial charge in [-0.2, -0.15) is 4.37 Å². The molecule has 1 saturated heterocycles. The van der Waals surface area contributed by atoms with E-state index in [0.717, 1.165) is 59.0 Å². The van der Waals surface area contributed by atoms with Gasteiger partial charge in [0.2, 0.25) is 5.13 Å². The average Bonchev–Trinajstić information content (AvgIpc) is 3.53. The first-order valence-electron chi connectivity index (χ1n) is 11.6. The number of nitrogens with one attached hydrogen (secondary N) is 1. The number of rotatable bonds is 7. The highest BCUT2D eigenvalue weighted by Gasteiger charge is 2.26. The molecule has 1 aliphatic rings. The summed E-state index contributed by atoms with van der Waals surface area (Å²) in [6, 6.07) is 8.19. The fraction of sp³-hybridized carbons (Fsp3) is 0.417. The van der Waals surface area contributed by atoms with E-state index in [9.17, 15) is 9.59 Å². The molecule has 0 spiro atoms. The number of nitrogens with zero attached hydrogens (tertiary/aromatic N) is 6. The Labute approximate surface area is 224 Å². The summed E-state index contributed by atoms with van der Waals surface area (Å²) >= 11 is 8.27. The molecule has 1 aliphatic heterocycles. The van der Waals surface area contributed by atoms with Crippen LogP contribution in [0.4, 0.5) is 16.5 Å². The average molecular weight is 544 g/mol. The van der Waals surface area contributed by atoms with Crippen molar-refractivity contribution < 1.29 is 9.59 Å². The van der Waals surface area contributed by atoms with E-state index in [1.165, 1.54) is 23.2 Å². The molecular formula is C24H29N7O2S3. The van der Waals surface area contributed by atoms with E-state index >= 15 is 0 Å². The molecule has 3 heterocycles. The molecule has 1 aromatic carbocycles. The molecule has 36 heavy (non-hydrogen) atoms. The van der Waals surface area contributed by atoms with Crippen LogP contribution < -0.4 is 15.1 Å². The topological polar surface area (TPSA) is 94.6 Å². The fourth-order valence-corrected chi connectivity index (χ4v) is 5.79. The summed E-state index contributed by atoms with van der Waals surface area (Å²) in [5, 5.41) is 7.30. The highest BCUT2D eigenvalue weighted by atomic mass is 32.1. The first kappa shape index (κ1) is 26.1. The maximum atomic E-state index is 13.0. The van der Waals surface area contributed by atoms with Gasteiger partial charge in [-0.1, -0.05) is 0 Å². The predicted octanol–water partition coefficient (Wildman–Crippen LogP) is 4.05. The van der Waals surface area contributed by atoms with Gasteiger partial charge in [0, 0.05) is 68.4 Å². The van der Waals surface area contributed by atoms with E-state index < -0.39 is 0 Å². The molecule has 1 amide bonds. The number of hydrogen-bond donors (Lipinski definition) is 1. The van der Waals surface area contributed by atoms with Gasteiger partial charge in [0.05, 0.1) is 11.4 Å². The quantitative estimate of drug-likeness (QED) is 0.443. The normalized spacial score (nSPS) is 13.9. The van der Waals surface area contributed by atoms with Crippen LogP contribution in [0.2, 0.25) is 0 Å². The zero-order valence-electron chi connectivity index (χ0n) is 20.7. The van der Waals surface area contributed by atoms with Crippen LogP contribution in [-0.2, 0) is 11.2 Å². The number of benzene rings is 1. The van der Waals surface area contributed by atoms with Crippen LogP contribution in [0.25, 0.3) is 0 Å². The van der Waals surface area contributed by atoms with E-state index in [1.807, 2.05) is 31.6 Å². The second-order valence-corrected chi connectivity index (χ2v) is 10.9. The van der Waals surface area contributed by atoms with Crippen LogP contribution in [0, 0.1) is 0 Å². The minimum absolute atomic E-state index is 0.0151. The van der Waals surface area contributed by atoms with E-state index in [0.29, 0.717) is 22.6 Å². The Hall–Kier alpha value is -2.96. The van der Waals surface area contributed by atoms with Crippen molar-refractivity contribution in [2.24, 2.45) is 0 Å². The largest absolute Gasteiger partial charge is 0.378 e. The molecular weight excluding hydrogens is 515 g/mol. The molecule has 1 fully saturated rings. The number of anilines is 3. The van der Waals surface area contributed by atoms with Gasteiger partial charge in [0.25, 0.3) is 5.91 Å². The highest BCUT2D eigenvalue weighted by Crippen LogP contribution is 2.31. The molecule has 0 saturated carbocycles. The second kappa shape index (κ2) is 11.4. The Morgan fingerprint density at radius 2 is 1.83 bits per heavy atom. The molecule has 4 rings (SSSR count). The number of aromatic nitrogens is 3. The maximum Gasteiger partial charge on any atom is 0.279 e. The minimum Gasteiger partial charge on any atom is -0.378 e. The van der Waals surface area contributed by atoms with Crippen molar-refractivity contribution in [3.63, 3.8) is 0 Å². The van der Waals surface area contributed by atoms with Gasteiger partial charge >= 0.3 is 0 Å². The molecule has 0 radical (unpaired) electrons. The van der Waals surface area contributed by atoms with Gasteiger partial charge in [-0.25, -0.2) is 9.97 Å². The second-order valence-electron chi connectivity index (χ2n) is 8.94. The third-order valence-corrected chi connectivity index (χ3v) is 8.16. The number of hydrogen-bond acceptors (Lipinski definition) is 9. The van der Waals surface area contributed by atoms with Crippen LogP contribution >= 0.6 is 35.1 Å². The molecule has 3 aromatic rings. The number of amides is 1. The molecule has 0 unspecified atom stereocenters. The van der Waals surface area contributed by atoms with Gasteiger partial charge in [-0.05, 0) is 56.2 Å². The Bertz CT molecular complexity index is 1230. The lowest BCUT2D eigenvalue weighted by molar-refractivity contribution is -0.116. The highest BCUT2D eigenvalue weighted by molar-refractivity contribution is 7.80. The lowest BCUT2D eigenvalue weighted by Crippen LogP contribution is -2.40. The molecule has 0 bridgehead atoms. The van der Waals surface area contributed by atoms with Gasteiger partial charge in [0.1, 0.15) is 11.5 Å². The third-order valence-electron chi connectivity index (χ3n) is 5.96. The SMILES string of the molecule is CC(=O)Cc1nsc(N(C)C(=O)c2csc(C3CCN(C(=S)Nc4ccc(N(C)C)cc4)CC3)n2)n1. The smallest absolute Gasteiger partial charge is 0.279 e. The van der Waals surface area contributed by atoms with Crippen molar-refractivity contribution in [1.29, 1.82) is 0 Å². The molecule has 12 heteroatoms. The molecule has 190 valence electrons. The summed E-state index contributed by atoms with van der Waals surface area (Å²) in [6.07, 6.45) is 2.01. The minimum atomic E-state index is -0.230. The van der Waals surface area contributed by atoms with Gasteiger partial charge in [-0.15, -0.1) is 11.3 Å². The summed E-state index contributed by atoms with van der Waals surface area (Å²) < 4.78 is 4.17. The van der Waals surface area contributed by atoms with Gasteiger partial charge in [-0.3, -0.25) is 14.5 Å². The lowest BCUT2D eigenvalue weighted by Gasteiger charge is -2.33. The van der Waals surface area contributed by atoms with Crippen LogP contribution in [0.15, 0.2) is 29.6 Å². The summed E-state index contributed by atoms with van der Waals surface area (Å²) in [5.41, 5.74) is 2.52. The van der Waals surface area contributed by atoms with Gasteiger partial charge in [0.15, 0.2) is 10.9 Å². The van der Waals surface area contributed by atoms with Crippen LogP contribution in [0.3, 0.4) is 0 Å².